The van der Waals surface area contributed by atoms with Crippen LogP contribution < -0.4 is 5.56 Å². The van der Waals surface area contributed by atoms with Gasteiger partial charge in [-0.25, -0.2) is 4.79 Å². The number of nitrogens with zero attached hydrogens (tertiary/aromatic N) is 2. The van der Waals surface area contributed by atoms with Crippen LogP contribution >= 0.6 is 0 Å². The van der Waals surface area contributed by atoms with Gasteiger partial charge in [0.05, 0.1) is 5.56 Å². The third kappa shape index (κ3) is 4.36. The van der Waals surface area contributed by atoms with Crippen molar-refractivity contribution in [2.24, 2.45) is 0 Å². The Morgan fingerprint density at radius 3 is 2.33 bits per heavy atom. The minimum absolute atomic E-state index is 0.0785. The highest BCUT2D eigenvalue weighted by molar-refractivity contribution is 5.87. The van der Waals surface area contributed by atoms with Crippen molar-refractivity contribution in [3.8, 4) is 0 Å². The van der Waals surface area contributed by atoms with Crippen LogP contribution in [0.5, 0.6) is 0 Å². The first-order valence-electron chi connectivity index (χ1n) is 11.2. The lowest BCUT2D eigenvalue weighted by Gasteiger charge is -2.44. The fourth-order valence-electron chi connectivity index (χ4n) is 5.37. The van der Waals surface area contributed by atoms with E-state index in [-0.39, 0.29) is 22.6 Å². The van der Waals surface area contributed by atoms with Crippen molar-refractivity contribution in [2.75, 3.05) is 19.6 Å². The number of aryl methyl sites for hydroxylation is 1. The number of likely N-dealkylation sites (tertiary alicyclic amines) is 1. The minimum atomic E-state index is -0.987. The molecule has 4 rings (SSSR count). The number of carbonyl (C=O) groups is 1. The summed E-state index contributed by atoms with van der Waals surface area (Å²) < 4.78 is 1.64. The second-order valence-corrected chi connectivity index (χ2v) is 9.18. The number of benzene rings is 1. The average Bonchev–Trinajstić information content (AvgIpc) is 2.76. The molecule has 5 heteroatoms. The quantitative estimate of drug-likeness (QED) is 0.797. The fraction of sp³-hybridized carbons (Fsp3) is 0.520. The highest BCUT2D eigenvalue weighted by Gasteiger charge is 2.36. The van der Waals surface area contributed by atoms with Crippen LogP contribution in [0.2, 0.25) is 0 Å². The van der Waals surface area contributed by atoms with E-state index in [2.05, 4.69) is 36.1 Å². The smallest absolute Gasteiger partial charge is 0.337 e. The molecule has 5 nitrogen and oxygen atoms in total. The largest absolute Gasteiger partial charge is 0.478 e. The topological polar surface area (TPSA) is 62.5 Å². The molecule has 1 saturated carbocycles. The van der Waals surface area contributed by atoms with Gasteiger partial charge in [-0.15, -0.1) is 0 Å². The van der Waals surface area contributed by atoms with Gasteiger partial charge in [-0.3, -0.25) is 4.79 Å². The molecule has 0 unspecified atom stereocenters. The maximum atomic E-state index is 12.3. The summed E-state index contributed by atoms with van der Waals surface area (Å²) in [6, 6.07) is 12.0. The van der Waals surface area contributed by atoms with E-state index in [4.69, 9.17) is 0 Å². The highest BCUT2D eigenvalue weighted by atomic mass is 16.4. The number of carboxylic acid groups (broad SMARTS) is 1. The van der Waals surface area contributed by atoms with Gasteiger partial charge >= 0.3 is 5.97 Å². The van der Waals surface area contributed by atoms with Gasteiger partial charge in [0.1, 0.15) is 0 Å². The van der Waals surface area contributed by atoms with E-state index in [0.717, 1.165) is 32.5 Å². The summed E-state index contributed by atoms with van der Waals surface area (Å²) in [6.45, 7) is 5.11. The third-order valence-electron chi connectivity index (χ3n) is 7.14. The summed E-state index contributed by atoms with van der Waals surface area (Å²) in [7, 11) is 0. The monoisotopic (exact) mass is 408 g/mol. The number of piperidine rings is 1. The molecule has 1 N–H and O–H groups in total. The fourth-order valence-corrected chi connectivity index (χ4v) is 5.37. The van der Waals surface area contributed by atoms with Crippen LogP contribution in [-0.4, -0.2) is 40.2 Å². The number of carboxylic acids is 1. The first kappa shape index (κ1) is 20.9. The Bertz CT molecular complexity index is 934. The van der Waals surface area contributed by atoms with E-state index < -0.39 is 5.97 Å². The Labute approximate surface area is 178 Å². The molecule has 1 aliphatic carbocycles. The SMILES string of the molecule is Cc1ccc(C2(CN3CCC(n4cc(C(=O)O)ccc4=O)CC3)CCCCC2)cc1. The second-order valence-electron chi connectivity index (χ2n) is 9.18. The molecule has 0 amide bonds. The summed E-state index contributed by atoms with van der Waals surface area (Å²) in [5, 5.41) is 9.25. The standard InChI is InChI=1S/C25H32N2O3/c1-19-5-8-21(9-6-19)25(13-3-2-4-14-25)18-26-15-11-22(12-16-26)27-17-20(24(29)30)7-10-23(27)28/h5-10,17,22H,2-4,11-16,18H2,1H3,(H,29,30). The van der Waals surface area contributed by atoms with Crippen molar-refractivity contribution >= 4 is 5.97 Å². The summed E-state index contributed by atoms with van der Waals surface area (Å²) in [6.07, 6.45) is 9.69. The maximum absolute atomic E-state index is 12.3. The highest BCUT2D eigenvalue weighted by Crippen LogP contribution is 2.41. The third-order valence-corrected chi connectivity index (χ3v) is 7.14. The van der Waals surface area contributed by atoms with Crippen molar-refractivity contribution in [1.82, 2.24) is 9.47 Å². The molecule has 1 saturated heterocycles. The minimum Gasteiger partial charge on any atom is -0.478 e. The van der Waals surface area contributed by atoms with Crippen molar-refractivity contribution in [2.45, 2.75) is 63.3 Å². The van der Waals surface area contributed by atoms with E-state index in [1.54, 1.807) is 4.57 Å². The Morgan fingerprint density at radius 1 is 1.03 bits per heavy atom. The van der Waals surface area contributed by atoms with Crippen molar-refractivity contribution in [1.29, 1.82) is 0 Å². The van der Waals surface area contributed by atoms with Crippen LogP contribution in [0.25, 0.3) is 0 Å². The predicted molar refractivity (Wildman–Crippen MR) is 118 cm³/mol. The lowest BCUT2D eigenvalue weighted by atomic mass is 9.69. The summed E-state index contributed by atoms with van der Waals surface area (Å²) in [4.78, 5) is 26.2. The Morgan fingerprint density at radius 2 is 1.70 bits per heavy atom. The van der Waals surface area contributed by atoms with Gasteiger partial charge in [-0.05, 0) is 44.2 Å². The second kappa shape index (κ2) is 8.76. The van der Waals surface area contributed by atoms with Gasteiger partial charge in [0.25, 0.3) is 5.56 Å². The van der Waals surface area contributed by atoms with Crippen molar-refractivity contribution in [3.63, 3.8) is 0 Å². The number of aromatic nitrogens is 1. The lowest BCUT2D eigenvalue weighted by molar-refractivity contribution is 0.0695. The zero-order chi connectivity index (χ0) is 21.1. The van der Waals surface area contributed by atoms with Crippen LogP contribution in [0.15, 0.2) is 47.4 Å². The molecule has 0 atom stereocenters. The van der Waals surface area contributed by atoms with Gasteiger partial charge in [-0.2, -0.15) is 0 Å². The number of rotatable bonds is 5. The molecule has 1 aromatic heterocycles. The van der Waals surface area contributed by atoms with Gasteiger partial charge in [0.2, 0.25) is 0 Å². The lowest BCUT2D eigenvalue weighted by Crippen LogP contribution is -2.46. The van der Waals surface area contributed by atoms with Gasteiger partial charge < -0.3 is 14.6 Å². The van der Waals surface area contributed by atoms with Crippen molar-refractivity contribution < 1.29 is 9.90 Å². The van der Waals surface area contributed by atoms with E-state index in [0.29, 0.717) is 0 Å². The zero-order valence-corrected chi connectivity index (χ0v) is 17.8. The number of hydrogen-bond donors (Lipinski definition) is 1. The number of aromatic carboxylic acids is 1. The van der Waals surface area contributed by atoms with Crippen LogP contribution in [0, 0.1) is 6.92 Å². The first-order valence-corrected chi connectivity index (χ1v) is 11.2. The normalized spacial score (nSPS) is 20.2. The van der Waals surface area contributed by atoms with Crippen LogP contribution in [0.4, 0.5) is 0 Å². The molecule has 2 heterocycles. The molecule has 2 aliphatic rings. The number of pyridine rings is 1. The van der Waals surface area contributed by atoms with Crippen LogP contribution in [-0.2, 0) is 5.41 Å². The van der Waals surface area contributed by atoms with E-state index in [1.807, 2.05) is 0 Å². The molecule has 1 aromatic carbocycles. The predicted octanol–water partition coefficient (Wildman–Crippen LogP) is 4.39. The molecule has 0 bridgehead atoms. The maximum Gasteiger partial charge on any atom is 0.337 e. The number of hydrogen-bond acceptors (Lipinski definition) is 3. The van der Waals surface area contributed by atoms with Crippen LogP contribution in [0.1, 0.15) is 72.5 Å². The Balaban J connectivity index is 1.47. The molecular weight excluding hydrogens is 376 g/mol. The van der Waals surface area contributed by atoms with Crippen molar-refractivity contribution in [3.05, 3.63) is 69.6 Å². The average molecular weight is 409 g/mol. The molecule has 0 spiro atoms. The van der Waals surface area contributed by atoms with E-state index in [1.165, 1.54) is 61.6 Å². The summed E-state index contributed by atoms with van der Waals surface area (Å²) in [5.41, 5.74) is 3.08. The molecule has 160 valence electrons. The molecule has 0 radical (unpaired) electrons. The molecule has 2 aromatic rings. The first-order chi connectivity index (χ1) is 14.5. The van der Waals surface area contributed by atoms with Gasteiger partial charge in [0.15, 0.2) is 0 Å². The van der Waals surface area contributed by atoms with Gasteiger partial charge in [0, 0.05) is 43.4 Å². The van der Waals surface area contributed by atoms with Crippen LogP contribution in [0.3, 0.4) is 0 Å². The van der Waals surface area contributed by atoms with Gasteiger partial charge in [-0.1, -0.05) is 49.1 Å². The van der Waals surface area contributed by atoms with E-state index in [9.17, 15) is 14.7 Å². The summed E-state index contributed by atoms with van der Waals surface area (Å²) in [5.74, 6) is -0.987. The van der Waals surface area contributed by atoms with E-state index >= 15 is 0 Å². The molecular formula is C25H32N2O3. The molecule has 30 heavy (non-hydrogen) atoms. The molecule has 1 aliphatic heterocycles. The Hall–Kier alpha value is -2.40. The zero-order valence-electron chi connectivity index (χ0n) is 17.8. The Kier molecular flexibility index (Phi) is 6.09. The summed E-state index contributed by atoms with van der Waals surface area (Å²) >= 11 is 0. The molecule has 2 fully saturated rings.